The van der Waals surface area contributed by atoms with Crippen molar-refractivity contribution in [2.24, 2.45) is 0 Å². The van der Waals surface area contributed by atoms with E-state index in [-0.39, 0.29) is 12.2 Å². The Bertz CT molecular complexity index is 578. The van der Waals surface area contributed by atoms with Gasteiger partial charge in [-0.05, 0) is 12.1 Å². The molecule has 0 aliphatic carbocycles. The average molecular weight is 229 g/mol. The van der Waals surface area contributed by atoms with E-state index in [1.807, 2.05) is 30.3 Å². The van der Waals surface area contributed by atoms with Crippen LogP contribution in [0, 0.1) is 0 Å². The highest BCUT2D eigenvalue weighted by Crippen LogP contribution is 2.18. The number of aromatic nitrogens is 1. The number of hydrogen-bond donors (Lipinski definition) is 1. The number of hydrogen-bond acceptors (Lipinski definition) is 3. The van der Waals surface area contributed by atoms with Gasteiger partial charge in [-0.15, -0.1) is 0 Å². The molecule has 1 aromatic carbocycles. The van der Waals surface area contributed by atoms with Crippen LogP contribution in [0.3, 0.4) is 0 Å². The van der Waals surface area contributed by atoms with E-state index in [9.17, 15) is 4.79 Å². The summed E-state index contributed by atoms with van der Waals surface area (Å²) < 4.78 is 5.29. The number of nitrogens with zero attached hydrogens (tertiary/aromatic N) is 1. The Morgan fingerprint density at radius 3 is 2.94 bits per heavy atom. The van der Waals surface area contributed by atoms with E-state index in [0.717, 1.165) is 10.9 Å². The predicted octanol–water partition coefficient (Wildman–Crippen LogP) is 2.25. The fourth-order valence-electron chi connectivity index (χ4n) is 1.36. The predicted molar refractivity (Wildman–Crippen MR) is 64.0 cm³/mol. The molecule has 1 N–H and O–H groups in total. The monoisotopic (exact) mass is 229 g/mol. The lowest BCUT2D eigenvalue weighted by Crippen LogP contribution is -2.08. The fraction of sp³-hybridized carbons (Fsp3) is 0.0769. The van der Waals surface area contributed by atoms with Gasteiger partial charge in [0.05, 0.1) is 17.3 Å². The molecular formula is C13H11NO3. The summed E-state index contributed by atoms with van der Waals surface area (Å²) in [6.45, 7) is 3.34. The molecule has 0 aliphatic rings. The van der Waals surface area contributed by atoms with Crippen LogP contribution in [0.25, 0.3) is 10.9 Å². The quantitative estimate of drug-likeness (QED) is 0.817. The summed E-state index contributed by atoms with van der Waals surface area (Å²) in [4.78, 5) is 14.7. The number of carboxylic acids is 1. The highest BCUT2D eigenvalue weighted by molar-refractivity contribution is 5.86. The van der Waals surface area contributed by atoms with Crippen LogP contribution in [0.5, 0.6) is 5.75 Å². The van der Waals surface area contributed by atoms with E-state index < -0.39 is 5.97 Å². The SMILES string of the molecule is C=C(COc1cnc2ccccc2c1)C(=O)O. The van der Waals surface area contributed by atoms with Crippen molar-refractivity contribution in [3.05, 3.63) is 48.7 Å². The fourth-order valence-corrected chi connectivity index (χ4v) is 1.36. The topological polar surface area (TPSA) is 59.4 Å². The molecule has 0 amide bonds. The Morgan fingerprint density at radius 1 is 1.41 bits per heavy atom. The van der Waals surface area contributed by atoms with Crippen molar-refractivity contribution in [1.82, 2.24) is 4.98 Å². The number of ether oxygens (including phenoxy) is 1. The Hall–Kier alpha value is -2.36. The van der Waals surface area contributed by atoms with E-state index in [1.165, 1.54) is 0 Å². The second kappa shape index (κ2) is 4.65. The van der Waals surface area contributed by atoms with Crippen LogP contribution in [-0.2, 0) is 4.79 Å². The number of aliphatic carboxylic acids is 1. The van der Waals surface area contributed by atoms with E-state index in [1.54, 1.807) is 6.20 Å². The van der Waals surface area contributed by atoms with E-state index in [2.05, 4.69) is 11.6 Å². The molecule has 86 valence electrons. The molecule has 17 heavy (non-hydrogen) atoms. The maximum absolute atomic E-state index is 10.5. The Kier molecular flexibility index (Phi) is 3.05. The number of rotatable bonds is 4. The van der Waals surface area contributed by atoms with E-state index in [0.29, 0.717) is 5.75 Å². The number of carbonyl (C=O) groups is 1. The summed E-state index contributed by atoms with van der Waals surface area (Å²) >= 11 is 0. The Labute approximate surface area is 98.2 Å². The molecule has 0 aliphatic heterocycles. The maximum Gasteiger partial charge on any atom is 0.334 e. The van der Waals surface area contributed by atoms with E-state index >= 15 is 0 Å². The smallest absolute Gasteiger partial charge is 0.334 e. The van der Waals surface area contributed by atoms with Crippen molar-refractivity contribution in [3.8, 4) is 5.75 Å². The molecular weight excluding hydrogens is 218 g/mol. The van der Waals surface area contributed by atoms with Crippen molar-refractivity contribution < 1.29 is 14.6 Å². The molecule has 4 nitrogen and oxygen atoms in total. The highest BCUT2D eigenvalue weighted by Gasteiger charge is 2.05. The molecule has 0 atom stereocenters. The van der Waals surface area contributed by atoms with Gasteiger partial charge < -0.3 is 9.84 Å². The molecule has 0 radical (unpaired) electrons. The Balaban J connectivity index is 2.14. The van der Waals surface area contributed by atoms with Crippen molar-refractivity contribution in [3.63, 3.8) is 0 Å². The average Bonchev–Trinajstić information content (AvgIpc) is 2.35. The van der Waals surface area contributed by atoms with Crippen molar-refractivity contribution in [2.45, 2.75) is 0 Å². The first-order chi connectivity index (χ1) is 8.16. The van der Waals surface area contributed by atoms with Gasteiger partial charge in [0.2, 0.25) is 0 Å². The molecule has 0 saturated carbocycles. The van der Waals surface area contributed by atoms with Crippen LogP contribution in [-0.4, -0.2) is 22.7 Å². The summed E-state index contributed by atoms with van der Waals surface area (Å²) in [5.74, 6) is -0.523. The summed E-state index contributed by atoms with van der Waals surface area (Å²) in [5, 5.41) is 9.59. The standard InChI is InChI=1S/C13H11NO3/c1-9(13(15)16)8-17-11-6-10-4-2-3-5-12(10)14-7-11/h2-7H,1,8H2,(H,15,16). The minimum Gasteiger partial charge on any atom is -0.487 e. The summed E-state index contributed by atoms with van der Waals surface area (Å²) in [7, 11) is 0. The van der Waals surface area contributed by atoms with E-state index in [4.69, 9.17) is 9.84 Å². The molecule has 0 fully saturated rings. The van der Waals surface area contributed by atoms with Crippen LogP contribution >= 0.6 is 0 Å². The third kappa shape index (κ3) is 2.60. The first-order valence-electron chi connectivity index (χ1n) is 5.05. The molecule has 4 heteroatoms. The number of fused-ring (bicyclic) bond motifs is 1. The van der Waals surface area contributed by atoms with Crippen LogP contribution in [0.1, 0.15) is 0 Å². The van der Waals surface area contributed by atoms with Gasteiger partial charge in [0.15, 0.2) is 0 Å². The molecule has 0 unspecified atom stereocenters. The third-order valence-electron chi connectivity index (χ3n) is 2.28. The second-order valence-electron chi connectivity index (χ2n) is 3.56. The minimum absolute atomic E-state index is 0.0122. The molecule has 1 heterocycles. The number of carboxylic acid groups (broad SMARTS) is 1. The first-order valence-corrected chi connectivity index (χ1v) is 5.05. The van der Waals surface area contributed by atoms with Gasteiger partial charge in [-0.3, -0.25) is 4.98 Å². The summed E-state index contributed by atoms with van der Waals surface area (Å²) in [6.07, 6.45) is 1.57. The molecule has 0 spiro atoms. The van der Waals surface area contributed by atoms with Crippen LogP contribution in [0.2, 0.25) is 0 Å². The van der Waals surface area contributed by atoms with Gasteiger partial charge in [-0.1, -0.05) is 24.8 Å². The van der Waals surface area contributed by atoms with Crippen molar-refractivity contribution in [2.75, 3.05) is 6.61 Å². The lowest BCUT2D eigenvalue weighted by molar-refractivity contribution is -0.133. The van der Waals surface area contributed by atoms with Crippen molar-refractivity contribution in [1.29, 1.82) is 0 Å². The van der Waals surface area contributed by atoms with Crippen molar-refractivity contribution >= 4 is 16.9 Å². The Morgan fingerprint density at radius 2 is 2.18 bits per heavy atom. The third-order valence-corrected chi connectivity index (χ3v) is 2.28. The summed E-state index contributed by atoms with van der Waals surface area (Å²) in [5.41, 5.74) is 0.884. The molecule has 2 aromatic rings. The van der Waals surface area contributed by atoms with Gasteiger partial charge in [0.25, 0.3) is 0 Å². The molecule has 0 bridgehead atoms. The lowest BCUT2D eigenvalue weighted by atomic mass is 10.2. The minimum atomic E-state index is -1.06. The van der Waals surface area contributed by atoms with Gasteiger partial charge in [-0.2, -0.15) is 0 Å². The summed E-state index contributed by atoms with van der Waals surface area (Å²) in [6, 6.07) is 9.44. The van der Waals surface area contributed by atoms with Gasteiger partial charge in [0.1, 0.15) is 12.4 Å². The number of benzene rings is 1. The normalized spacial score (nSPS) is 10.1. The largest absolute Gasteiger partial charge is 0.487 e. The lowest BCUT2D eigenvalue weighted by Gasteiger charge is -2.06. The van der Waals surface area contributed by atoms with Crippen LogP contribution in [0.15, 0.2) is 48.7 Å². The van der Waals surface area contributed by atoms with Crippen LogP contribution < -0.4 is 4.74 Å². The molecule has 1 aromatic heterocycles. The number of pyridine rings is 1. The van der Waals surface area contributed by atoms with Gasteiger partial charge >= 0.3 is 5.97 Å². The number of para-hydroxylation sites is 1. The zero-order valence-corrected chi connectivity index (χ0v) is 9.09. The second-order valence-corrected chi connectivity index (χ2v) is 3.56. The zero-order chi connectivity index (χ0) is 12.3. The van der Waals surface area contributed by atoms with Crippen LogP contribution in [0.4, 0.5) is 0 Å². The molecule has 2 rings (SSSR count). The van der Waals surface area contributed by atoms with Gasteiger partial charge in [-0.25, -0.2) is 4.79 Å². The first kappa shape index (κ1) is 11.1. The molecule has 0 saturated heterocycles. The zero-order valence-electron chi connectivity index (χ0n) is 9.09. The highest BCUT2D eigenvalue weighted by atomic mass is 16.5. The maximum atomic E-state index is 10.5. The van der Waals surface area contributed by atoms with Gasteiger partial charge in [0, 0.05) is 5.39 Å².